The third-order valence-corrected chi connectivity index (χ3v) is 3.78. The molecule has 0 heterocycles. The maximum atomic E-state index is 11.6. The average Bonchev–Trinajstić information content (AvgIpc) is 2.34. The summed E-state index contributed by atoms with van der Waals surface area (Å²) in [5.74, 6) is -3.93. The summed E-state index contributed by atoms with van der Waals surface area (Å²) in [7, 11) is -5.23. The van der Waals surface area contributed by atoms with Gasteiger partial charge in [-0.05, 0) is 12.3 Å². The molecule has 21 heavy (non-hydrogen) atoms. The molecular formula is C12H21NaO7S. The molecule has 0 bridgehead atoms. The second kappa shape index (κ2) is 11.4. The molecule has 7 nitrogen and oxygen atoms in total. The van der Waals surface area contributed by atoms with E-state index in [0.29, 0.717) is 12.8 Å². The Hall–Kier alpha value is -0.150. The Bertz CT molecular complexity index is 496. The number of carboxylic acids is 1. The van der Waals surface area contributed by atoms with Crippen LogP contribution in [0.5, 0.6) is 0 Å². The van der Waals surface area contributed by atoms with Crippen LogP contribution in [0.2, 0.25) is 0 Å². The molecule has 0 radical (unpaired) electrons. The smallest absolute Gasteiger partial charge is 0.747 e. The maximum absolute atomic E-state index is 11.6. The van der Waals surface area contributed by atoms with Crippen LogP contribution in [0.15, 0.2) is 0 Å². The number of aliphatic carboxylic acids is 1. The molecule has 0 rings (SSSR count). The number of esters is 1. The van der Waals surface area contributed by atoms with Crippen LogP contribution in [-0.4, -0.2) is 41.8 Å². The number of hydrogen-bond donors (Lipinski definition) is 1. The zero-order chi connectivity index (χ0) is 17.6. The van der Waals surface area contributed by atoms with Crippen LogP contribution >= 0.6 is 0 Å². The van der Waals surface area contributed by atoms with E-state index in [0.717, 1.165) is 12.8 Å². The molecule has 0 aliphatic rings. The van der Waals surface area contributed by atoms with E-state index in [1.807, 2.05) is 6.92 Å². The Morgan fingerprint density at radius 3 is 2.33 bits per heavy atom. The van der Waals surface area contributed by atoms with Crippen molar-refractivity contribution in [1.82, 2.24) is 0 Å². The number of hydrogen-bond acceptors (Lipinski definition) is 6. The van der Waals surface area contributed by atoms with Gasteiger partial charge in [0.2, 0.25) is 0 Å². The van der Waals surface area contributed by atoms with Crippen molar-refractivity contribution in [3.63, 3.8) is 0 Å². The topological polar surface area (TPSA) is 121 Å². The number of unbranched alkanes of at least 4 members (excludes halogenated alkanes) is 1. The summed E-state index contributed by atoms with van der Waals surface area (Å²) < 4.78 is 52.4. The van der Waals surface area contributed by atoms with Gasteiger partial charge in [0.1, 0.15) is 10.1 Å². The van der Waals surface area contributed by atoms with Crippen molar-refractivity contribution < 1.29 is 64.7 Å². The molecule has 0 aromatic heterocycles. The fraction of sp³-hybridized carbons (Fsp3) is 0.833. The first-order chi connectivity index (χ1) is 9.95. The van der Waals surface area contributed by atoms with Gasteiger partial charge in [0.25, 0.3) is 0 Å². The van der Waals surface area contributed by atoms with Crippen molar-refractivity contribution >= 4 is 22.1 Å². The second-order valence-electron chi connectivity index (χ2n) is 4.36. The van der Waals surface area contributed by atoms with Crippen molar-refractivity contribution in [3.8, 4) is 0 Å². The molecule has 2 atom stereocenters. The predicted octanol–water partition coefficient (Wildman–Crippen LogP) is -1.86. The molecule has 1 N–H and O–H groups in total. The van der Waals surface area contributed by atoms with Crippen LogP contribution in [0.3, 0.4) is 0 Å². The van der Waals surface area contributed by atoms with Gasteiger partial charge in [0, 0.05) is 0 Å². The van der Waals surface area contributed by atoms with Gasteiger partial charge in [-0.3, -0.25) is 9.59 Å². The molecule has 9 heteroatoms. The number of carbonyl (C=O) groups excluding carboxylic acids is 1. The minimum absolute atomic E-state index is 0. The Morgan fingerprint density at radius 2 is 1.95 bits per heavy atom. The molecular weight excluding hydrogens is 311 g/mol. The van der Waals surface area contributed by atoms with Crippen molar-refractivity contribution in [2.24, 2.45) is 5.92 Å². The third-order valence-electron chi connectivity index (χ3n) is 2.71. The number of rotatable bonds is 10. The van der Waals surface area contributed by atoms with E-state index in [1.165, 1.54) is 0 Å². The van der Waals surface area contributed by atoms with Crippen LogP contribution in [0.1, 0.15) is 48.7 Å². The van der Waals surface area contributed by atoms with Gasteiger partial charge in [-0.1, -0.05) is 33.1 Å². The quantitative estimate of drug-likeness (QED) is 0.282. The van der Waals surface area contributed by atoms with Gasteiger partial charge < -0.3 is 14.4 Å². The molecule has 0 spiro atoms. The summed E-state index contributed by atoms with van der Waals surface area (Å²) in [6, 6.07) is 0. The Labute approximate surface area is 150 Å². The molecule has 0 saturated carbocycles. The SMILES string of the molecule is [2H]C([2H])(OC(=O)CC(C(=O)O)S(=O)(=O)[O-])C(CC)CCCC.[Na+]. The van der Waals surface area contributed by atoms with E-state index >= 15 is 0 Å². The Kier molecular flexibility index (Phi) is 10.3. The summed E-state index contributed by atoms with van der Waals surface area (Å²) in [6.07, 6.45) is 1.20. The normalized spacial score (nSPS) is 16.0. The monoisotopic (exact) mass is 334 g/mol. The zero-order valence-electron chi connectivity index (χ0n) is 14.5. The molecule has 0 saturated heterocycles. The molecule has 0 aliphatic heterocycles. The van der Waals surface area contributed by atoms with Crippen LogP contribution in [0, 0.1) is 5.92 Å². The van der Waals surface area contributed by atoms with Crippen LogP contribution in [0.4, 0.5) is 0 Å². The van der Waals surface area contributed by atoms with Crippen molar-refractivity contribution in [2.75, 3.05) is 6.56 Å². The van der Waals surface area contributed by atoms with Crippen molar-refractivity contribution in [1.29, 1.82) is 0 Å². The number of ether oxygens (including phenoxy) is 1. The fourth-order valence-corrected chi connectivity index (χ4v) is 2.04. The van der Waals surface area contributed by atoms with Crippen LogP contribution in [-0.2, 0) is 24.4 Å². The first-order valence-electron chi connectivity index (χ1n) is 7.35. The summed E-state index contributed by atoms with van der Waals surface area (Å²) in [5, 5.41) is 6.17. The van der Waals surface area contributed by atoms with E-state index in [1.54, 1.807) is 6.92 Å². The van der Waals surface area contributed by atoms with E-state index < -0.39 is 46.2 Å². The van der Waals surface area contributed by atoms with Gasteiger partial charge in [0.05, 0.1) is 15.7 Å². The summed E-state index contributed by atoms with van der Waals surface area (Å²) in [5.41, 5.74) is 0. The van der Waals surface area contributed by atoms with Gasteiger partial charge in [-0.2, -0.15) is 0 Å². The first kappa shape index (κ1) is 18.9. The molecule has 0 aromatic rings. The van der Waals surface area contributed by atoms with Gasteiger partial charge in [-0.15, -0.1) is 0 Å². The zero-order valence-corrected chi connectivity index (χ0v) is 15.3. The molecule has 0 aromatic carbocycles. The van der Waals surface area contributed by atoms with Gasteiger partial charge in [-0.25, -0.2) is 8.42 Å². The van der Waals surface area contributed by atoms with E-state index in [-0.39, 0.29) is 29.6 Å². The Morgan fingerprint density at radius 1 is 1.38 bits per heavy atom. The summed E-state index contributed by atoms with van der Waals surface area (Å²) in [6.45, 7) is 1.29. The fourth-order valence-electron chi connectivity index (χ4n) is 1.45. The van der Waals surface area contributed by atoms with Crippen molar-refractivity contribution in [2.45, 2.75) is 51.2 Å². The minimum Gasteiger partial charge on any atom is -0.747 e. The van der Waals surface area contributed by atoms with E-state index in [4.69, 9.17) is 7.85 Å². The molecule has 0 amide bonds. The standard InChI is InChI=1S/C12H22O7S.Na/c1-3-5-6-9(4-2)8-19-11(13)7-10(12(14)15)20(16,17)18;/h9-10H,3-8H2,1-2H3,(H,14,15)(H,16,17,18);/q;+1/p-1/i8D2;. The predicted molar refractivity (Wildman–Crippen MR) is 70.0 cm³/mol. The molecule has 118 valence electrons. The van der Waals surface area contributed by atoms with Gasteiger partial charge in [0.15, 0.2) is 5.25 Å². The van der Waals surface area contributed by atoms with Crippen molar-refractivity contribution in [3.05, 3.63) is 0 Å². The van der Waals surface area contributed by atoms with E-state index in [2.05, 4.69) is 4.74 Å². The Balaban J connectivity index is 0. The number of carboxylic acid groups (broad SMARTS) is 1. The summed E-state index contributed by atoms with van der Waals surface area (Å²) >= 11 is 0. The van der Waals surface area contributed by atoms with Crippen LogP contribution in [0.25, 0.3) is 0 Å². The minimum atomic E-state index is -5.23. The molecule has 2 unspecified atom stereocenters. The first-order valence-corrected chi connectivity index (χ1v) is 7.82. The third kappa shape index (κ3) is 10.2. The molecule has 0 aliphatic carbocycles. The van der Waals surface area contributed by atoms with E-state index in [9.17, 15) is 22.6 Å². The average molecular weight is 334 g/mol. The maximum Gasteiger partial charge on any atom is 1.00 e. The summed E-state index contributed by atoms with van der Waals surface area (Å²) in [4.78, 5) is 22.3. The second-order valence-corrected chi connectivity index (χ2v) is 5.92. The largest absolute Gasteiger partial charge is 1.00 e. The number of carbonyl (C=O) groups is 2. The van der Waals surface area contributed by atoms with Gasteiger partial charge >= 0.3 is 41.5 Å². The molecule has 0 fully saturated rings. The van der Waals surface area contributed by atoms with Crippen LogP contribution < -0.4 is 29.6 Å².